The first-order chi connectivity index (χ1) is 10.2. The Labute approximate surface area is 125 Å². The SMILES string of the molecule is C=CC1CCC(c2ccc(CCCC=C(F)F)cc2)CO1. The summed E-state index contributed by atoms with van der Waals surface area (Å²) in [6.45, 7) is 4.51. The average molecular weight is 292 g/mol. The molecular formula is C18H22F2O. The van der Waals surface area contributed by atoms with E-state index in [0.717, 1.165) is 38.4 Å². The summed E-state index contributed by atoms with van der Waals surface area (Å²) in [5, 5.41) is 0. The minimum atomic E-state index is -1.58. The molecule has 1 aliphatic heterocycles. The maximum Gasteiger partial charge on any atom is 0.266 e. The number of rotatable bonds is 6. The summed E-state index contributed by atoms with van der Waals surface area (Å²) in [5.74, 6) is 0.457. The van der Waals surface area contributed by atoms with Crippen LogP contribution >= 0.6 is 0 Å². The fourth-order valence-electron chi connectivity index (χ4n) is 2.69. The van der Waals surface area contributed by atoms with E-state index >= 15 is 0 Å². The van der Waals surface area contributed by atoms with Gasteiger partial charge in [0, 0.05) is 5.92 Å². The van der Waals surface area contributed by atoms with Gasteiger partial charge in [-0.05, 0) is 49.3 Å². The monoisotopic (exact) mass is 292 g/mol. The smallest absolute Gasteiger partial charge is 0.266 e. The minimum Gasteiger partial charge on any atom is -0.374 e. The van der Waals surface area contributed by atoms with Crippen LogP contribution in [-0.4, -0.2) is 12.7 Å². The van der Waals surface area contributed by atoms with Crippen LogP contribution in [0.3, 0.4) is 0 Å². The highest BCUT2D eigenvalue weighted by Gasteiger charge is 2.20. The Kier molecular flexibility index (Phi) is 6.12. The highest BCUT2D eigenvalue weighted by molar-refractivity contribution is 5.26. The molecule has 0 aliphatic carbocycles. The van der Waals surface area contributed by atoms with Gasteiger partial charge in [0.25, 0.3) is 6.08 Å². The molecule has 0 N–H and O–H groups in total. The Balaban J connectivity index is 1.82. The molecule has 0 saturated carbocycles. The van der Waals surface area contributed by atoms with Gasteiger partial charge in [0.1, 0.15) is 0 Å². The van der Waals surface area contributed by atoms with E-state index in [1.54, 1.807) is 0 Å². The van der Waals surface area contributed by atoms with Crippen molar-refractivity contribution in [3.63, 3.8) is 0 Å². The van der Waals surface area contributed by atoms with Crippen molar-refractivity contribution in [2.24, 2.45) is 0 Å². The zero-order valence-corrected chi connectivity index (χ0v) is 12.2. The molecule has 2 atom stereocenters. The van der Waals surface area contributed by atoms with Gasteiger partial charge < -0.3 is 4.74 Å². The van der Waals surface area contributed by atoms with Gasteiger partial charge in [-0.25, -0.2) is 0 Å². The normalized spacial score (nSPS) is 21.8. The quantitative estimate of drug-likeness (QED) is 0.515. The lowest BCUT2D eigenvalue weighted by molar-refractivity contribution is 0.0329. The first-order valence-corrected chi connectivity index (χ1v) is 7.53. The lowest BCUT2D eigenvalue weighted by Gasteiger charge is -2.27. The minimum absolute atomic E-state index is 0.199. The Morgan fingerprint density at radius 3 is 2.57 bits per heavy atom. The molecule has 2 rings (SSSR count). The Morgan fingerprint density at radius 2 is 2.00 bits per heavy atom. The van der Waals surface area contributed by atoms with Crippen LogP contribution in [0.4, 0.5) is 8.78 Å². The molecule has 0 amide bonds. The highest BCUT2D eigenvalue weighted by atomic mass is 19.3. The molecule has 1 fully saturated rings. The number of ether oxygens (including phenoxy) is 1. The molecular weight excluding hydrogens is 270 g/mol. The summed E-state index contributed by atoms with van der Waals surface area (Å²) in [4.78, 5) is 0. The van der Waals surface area contributed by atoms with Crippen LogP contribution in [0.15, 0.2) is 49.1 Å². The number of hydrogen-bond acceptors (Lipinski definition) is 1. The van der Waals surface area contributed by atoms with Crippen molar-refractivity contribution in [1.82, 2.24) is 0 Å². The lowest BCUT2D eigenvalue weighted by atomic mass is 9.90. The number of allylic oxidation sites excluding steroid dienone is 1. The summed E-state index contributed by atoms with van der Waals surface area (Å²) in [7, 11) is 0. The topological polar surface area (TPSA) is 9.23 Å². The van der Waals surface area contributed by atoms with Crippen LogP contribution in [0.25, 0.3) is 0 Å². The van der Waals surface area contributed by atoms with Crippen LogP contribution in [0.5, 0.6) is 0 Å². The summed E-state index contributed by atoms with van der Waals surface area (Å²) in [6.07, 6.45) is 5.65. The Bertz CT molecular complexity index is 466. The van der Waals surface area contributed by atoms with Gasteiger partial charge in [0.05, 0.1) is 12.7 Å². The molecule has 21 heavy (non-hydrogen) atoms. The maximum atomic E-state index is 11.9. The van der Waals surface area contributed by atoms with Crippen LogP contribution in [0.2, 0.25) is 0 Å². The third kappa shape index (κ3) is 5.09. The van der Waals surface area contributed by atoms with Gasteiger partial charge in [-0.3, -0.25) is 0 Å². The first kappa shape index (κ1) is 15.9. The van der Waals surface area contributed by atoms with Gasteiger partial charge in [-0.15, -0.1) is 6.58 Å². The van der Waals surface area contributed by atoms with E-state index in [4.69, 9.17) is 4.74 Å². The molecule has 114 valence electrons. The molecule has 2 unspecified atom stereocenters. The van der Waals surface area contributed by atoms with Crippen molar-refractivity contribution in [3.05, 3.63) is 60.2 Å². The standard InChI is InChI=1S/C18H22F2O/c1-2-17-12-11-16(13-21-17)15-9-7-14(8-10-15)5-3-4-6-18(19)20/h2,6-10,16-17H,1,3-5,11-13H2. The van der Waals surface area contributed by atoms with Crippen LogP contribution in [-0.2, 0) is 11.2 Å². The van der Waals surface area contributed by atoms with Crippen LogP contribution in [0.1, 0.15) is 42.7 Å². The second-order valence-corrected chi connectivity index (χ2v) is 5.51. The van der Waals surface area contributed by atoms with E-state index in [2.05, 4.69) is 30.8 Å². The van der Waals surface area contributed by atoms with E-state index in [1.807, 2.05) is 6.08 Å². The molecule has 1 aliphatic rings. The molecule has 0 bridgehead atoms. The predicted octanol–water partition coefficient (Wildman–Crippen LogP) is 5.24. The molecule has 0 aromatic heterocycles. The van der Waals surface area contributed by atoms with E-state index < -0.39 is 6.08 Å². The maximum absolute atomic E-state index is 11.9. The van der Waals surface area contributed by atoms with E-state index in [9.17, 15) is 8.78 Å². The lowest BCUT2D eigenvalue weighted by Crippen LogP contribution is -2.22. The molecule has 1 nitrogen and oxygen atoms in total. The third-order valence-electron chi connectivity index (χ3n) is 3.99. The van der Waals surface area contributed by atoms with Crippen molar-refractivity contribution in [3.8, 4) is 0 Å². The Morgan fingerprint density at radius 1 is 1.24 bits per heavy atom. The summed E-state index contributed by atoms with van der Waals surface area (Å²) in [6, 6.07) is 8.49. The predicted molar refractivity (Wildman–Crippen MR) is 81.6 cm³/mol. The van der Waals surface area contributed by atoms with Crippen LogP contribution in [0, 0.1) is 0 Å². The van der Waals surface area contributed by atoms with Gasteiger partial charge in [0.2, 0.25) is 0 Å². The second kappa shape index (κ2) is 8.08. The molecule has 1 saturated heterocycles. The van der Waals surface area contributed by atoms with Crippen molar-refractivity contribution < 1.29 is 13.5 Å². The van der Waals surface area contributed by atoms with Crippen molar-refractivity contribution in [1.29, 1.82) is 0 Å². The molecule has 1 aromatic carbocycles. The van der Waals surface area contributed by atoms with Gasteiger partial charge >= 0.3 is 0 Å². The van der Waals surface area contributed by atoms with E-state index in [0.29, 0.717) is 12.3 Å². The highest BCUT2D eigenvalue weighted by Crippen LogP contribution is 2.28. The average Bonchev–Trinajstić information content (AvgIpc) is 2.52. The van der Waals surface area contributed by atoms with Gasteiger partial charge in [-0.1, -0.05) is 30.3 Å². The molecule has 1 heterocycles. The van der Waals surface area contributed by atoms with Crippen LogP contribution < -0.4 is 0 Å². The molecule has 0 radical (unpaired) electrons. The fourth-order valence-corrected chi connectivity index (χ4v) is 2.69. The summed E-state index contributed by atoms with van der Waals surface area (Å²) in [5.41, 5.74) is 2.50. The number of unbranched alkanes of at least 4 members (excludes halogenated alkanes) is 1. The number of halogens is 2. The van der Waals surface area contributed by atoms with Crippen molar-refractivity contribution in [2.45, 2.75) is 44.1 Å². The van der Waals surface area contributed by atoms with Crippen molar-refractivity contribution in [2.75, 3.05) is 6.61 Å². The third-order valence-corrected chi connectivity index (χ3v) is 3.99. The van der Waals surface area contributed by atoms with E-state index in [1.165, 1.54) is 11.1 Å². The first-order valence-electron chi connectivity index (χ1n) is 7.53. The number of aryl methyl sites for hydroxylation is 1. The molecule has 3 heteroatoms. The second-order valence-electron chi connectivity index (χ2n) is 5.51. The zero-order valence-electron chi connectivity index (χ0n) is 12.2. The summed E-state index contributed by atoms with van der Waals surface area (Å²) < 4.78 is 29.6. The van der Waals surface area contributed by atoms with Crippen molar-refractivity contribution >= 4 is 0 Å². The summed E-state index contributed by atoms with van der Waals surface area (Å²) >= 11 is 0. The van der Waals surface area contributed by atoms with E-state index in [-0.39, 0.29) is 6.10 Å². The zero-order chi connectivity index (χ0) is 15.1. The Hall–Kier alpha value is -1.48. The molecule has 1 aromatic rings. The van der Waals surface area contributed by atoms with Gasteiger partial charge in [0.15, 0.2) is 0 Å². The number of benzene rings is 1. The number of hydrogen-bond donors (Lipinski definition) is 0. The largest absolute Gasteiger partial charge is 0.374 e. The van der Waals surface area contributed by atoms with Gasteiger partial charge in [-0.2, -0.15) is 8.78 Å². The molecule has 0 spiro atoms. The fraction of sp³-hybridized carbons (Fsp3) is 0.444.